The Labute approximate surface area is 125 Å². The maximum atomic E-state index is 12.6. The smallest absolute Gasteiger partial charge is 0.244 e. The highest BCUT2D eigenvalue weighted by atomic mass is 32.2. The second-order valence-electron chi connectivity index (χ2n) is 6.04. The Morgan fingerprint density at radius 1 is 1.40 bits per heavy atom. The molecular formula is C16H22N2OS. The number of hydrogen-bond acceptors (Lipinski definition) is 3. The van der Waals surface area contributed by atoms with Gasteiger partial charge in [-0.15, -0.1) is 0 Å². The van der Waals surface area contributed by atoms with E-state index < -0.39 is 0 Å². The molecule has 2 fully saturated rings. The summed E-state index contributed by atoms with van der Waals surface area (Å²) < 4.78 is 0. The summed E-state index contributed by atoms with van der Waals surface area (Å²) in [5, 5.41) is 4.03. The Kier molecular flexibility index (Phi) is 3.55. The normalized spacial score (nSPS) is 25.2. The minimum Gasteiger partial charge on any atom is -0.320 e. The van der Waals surface area contributed by atoms with E-state index in [-0.39, 0.29) is 11.7 Å². The molecule has 1 saturated heterocycles. The summed E-state index contributed by atoms with van der Waals surface area (Å²) in [7, 11) is 0. The van der Waals surface area contributed by atoms with E-state index in [0.717, 1.165) is 19.4 Å². The zero-order valence-corrected chi connectivity index (χ0v) is 13.2. The van der Waals surface area contributed by atoms with Gasteiger partial charge in [-0.05, 0) is 31.6 Å². The number of nitrogens with one attached hydrogen (secondary N) is 1. The molecule has 3 rings (SSSR count). The van der Waals surface area contributed by atoms with Gasteiger partial charge >= 0.3 is 0 Å². The van der Waals surface area contributed by atoms with Crippen molar-refractivity contribution < 1.29 is 4.79 Å². The fraction of sp³-hybridized carbons (Fsp3) is 0.562. The van der Waals surface area contributed by atoms with E-state index in [4.69, 9.17) is 0 Å². The third kappa shape index (κ3) is 2.35. The van der Waals surface area contributed by atoms with Crippen LogP contribution in [0.2, 0.25) is 0 Å². The molecule has 1 aromatic rings. The third-order valence-corrected chi connectivity index (χ3v) is 5.35. The van der Waals surface area contributed by atoms with Crippen LogP contribution < -0.4 is 5.32 Å². The molecule has 0 aromatic heterocycles. The second kappa shape index (κ2) is 5.08. The van der Waals surface area contributed by atoms with Crippen LogP contribution in [0.4, 0.5) is 0 Å². The van der Waals surface area contributed by atoms with Crippen LogP contribution in [0.1, 0.15) is 37.1 Å². The summed E-state index contributed by atoms with van der Waals surface area (Å²) in [4.78, 5) is 14.7. The molecule has 108 valence electrons. The highest BCUT2D eigenvalue weighted by molar-refractivity contribution is 7.99. The number of carbonyl (C=O) groups is 1. The van der Waals surface area contributed by atoms with E-state index in [2.05, 4.69) is 49.7 Å². The number of aryl methyl sites for hydroxylation is 1. The molecule has 4 heteroatoms. The predicted octanol–water partition coefficient (Wildman–Crippen LogP) is 2.71. The van der Waals surface area contributed by atoms with Crippen LogP contribution in [0.25, 0.3) is 0 Å². The molecule has 2 aliphatic rings. The van der Waals surface area contributed by atoms with Crippen molar-refractivity contribution >= 4 is 17.7 Å². The summed E-state index contributed by atoms with van der Waals surface area (Å²) in [6, 6.07) is 8.52. The highest BCUT2D eigenvalue weighted by Crippen LogP contribution is 2.46. The van der Waals surface area contributed by atoms with Crippen molar-refractivity contribution in [3.05, 3.63) is 35.4 Å². The Morgan fingerprint density at radius 2 is 2.05 bits per heavy atom. The third-order valence-electron chi connectivity index (χ3n) is 4.39. The number of carbonyl (C=O) groups excluding carboxylic acids is 1. The van der Waals surface area contributed by atoms with Gasteiger partial charge < -0.3 is 4.90 Å². The average molecular weight is 290 g/mol. The van der Waals surface area contributed by atoms with Crippen molar-refractivity contribution in [2.45, 2.75) is 43.6 Å². The maximum Gasteiger partial charge on any atom is 0.244 e. The Balaban J connectivity index is 1.87. The predicted molar refractivity (Wildman–Crippen MR) is 83.7 cm³/mol. The standard InChI is InChI=1S/C16H22N2OS/c1-11-4-6-13(7-5-11)14-17-16(8-9-16)15(19)18(14)10-12(2)20-3/h4-7,12,14,17H,8-10H2,1-3H3. The first kappa shape index (κ1) is 14.0. The molecule has 1 spiro atoms. The molecule has 1 heterocycles. The van der Waals surface area contributed by atoms with Crippen LogP contribution in [-0.4, -0.2) is 34.4 Å². The van der Waals surface area contributed by atoms with Gasteiger partial charge in [0.25, 0.3) is 0 Å². The molecule has 1 aliphatic carbocycles. The average Bonchev–Trinajstić information content (AvgIpc) is 3.18. The summed E-state index contributed by atoms with van der Waals surface area (Å²) in [5.74, 6) is 0.295. The van der Waals surface area contributed by atoms with Gasteiger partial charge in [0, 0.05) is 11.8 Å². The van der Waals surface area contributed by atoms with Gasteiger partial charge in [0.2, 0.25) is 5.91 Å². The molecule has 0 bridgehead atoms. The fourth-order valence-corrected chi connectivity index (χ4v) is 3.14. The summed E-state index contributed by atoms with van der Waals surface area (Å²) in [6.45, 7) is 5.09. The molecule has 20 heavy (non-hydrogen) atoms. The Hall–Kier alpha value is -1.00. The molecule has 2 atom stereocenters. The van der Waals surface area contributed by atoms with Crippen LogP contribution in [0.5, 0.6) is 0 Å². The van der Waals surface area contributed by atoms with Gasteiger partial charge in [-0.2, -0.15) is 11.8 Å². The molecular weight excluding hydrogens is 268 g/mol. The Morgan fingerprint density at radius 3 is 2.60 bits per heavy atom. The lowest BCUT2D eigenvalue weighted by Crippen LogP contribution is -2.36. The second-order valence-corrected chi connectivity index (χ2v) is 7.32. The van der Waals surface area contributed by atoms with Crippen molar-refractivity contribution in [3.8, 4) is 0 Å². The van der Waals surface area contributed by atoms with Crippen LogP contribution in [0.3, 0.4) is 0 Å². The van der Waals surface area contributed by atoms with Gasteiger partial charge in [-0.3, -0.25) is 10.1 Å². The lowest BCUT2D eigenvalue weighted by atomic mass is 10.1. The maximum absolute atomic E-state index is 12.6. The van der Waals surface area contributed by atoms with E-state index in [1.54, 1.807) is 0 Å². The topological polar surface area (TPSA) is 32.3 Å². The summed E-state index contributed by atoms with van der Waals surface area (Å²) >= 11 is 1.81. The molecule has 2 unspecified atom stereocenters. The number of benzene rings is 1. The molecule has 1 amide bonds. The first-order valence-electron chi connectivity index (χ1n) is 7.24. The number of hydrogen-bond donors (Lipinski definition) is 1. The lowest BCUT2D eigenvalue weighted by molar-refractivity contribution is -0.130. The zero-order valence-electron chi connectivity index (χ0n) is 12.3. The van der Waals surface area contributed by atoms with E-state index >= 15 is 0 Å². The highest BCUT2D eigenvalue weighted by Gasteiger charge is 2.59. The first-order valence-corrected chi connectivity index (χ1v) is 8.53. The molecule has 1 saturated carbocycles. The van der Waals surface area contributed by atoms with Crippen molar-refractivity contribution in [1.82, 2.24) is 10.2 Å². The number of amides is 1. The fourth-order valence-electron chi connectivity index (χ4n) is 2.83. The monoisotopic (exact) mass is 290 g/mol. The van der Waals surface area contributed by atoms with Crippen LogP contribution in [-0.2, 0) is 4.79 Å². The summed E-state index contributed by atoms with van der Waals surface area (Å²) in [6.07, 6.45) is 4.11. The molecule has 0 radical (unpaired) electrons. The van der Waals surface area contributed by atoms with Crippen LogP contribution >= 0.6 is 11.8 Å². The quantitative estimate of drug-likeness (QED) is 0.925. The summed E-state index contributed by atoms with van der Waals surface area (Å²) in [5.41, 5.74) is 2.21. The molecule has 1 aromatic carbocycles. The van der Waals surface area contributed by atoms with E-state index in [0.29, 0.717) is 11.2 Å². The van der Waals surface area contributed by atoms with Gasteiger partial charge in [0.15, 0.2) is 0 Å². The van der Waals surface area contributed by atoms with Crippen molar-refractivity contribution in [3.63, 3.8) is 0 Å². The number of nitrogens with zero attached hydrogens (tertiary/aromatic N) is 1. The molecule has 1 aliphatic heterocycles. The number of thioether (sulfide) groups is 1. The minimum atomic E-state index is -0.242. The van der Waals surface area contributed by atoms with Gasteiger partial charge in [0.1, 0.15) is 11.7 Å². The SMILES string of the molecule is CSC(C)CN1C(=O)C2(CC2)NC1c1ccc(C)cc1. The minimum absolute atomic E-state index is 0.0419. The van der Waals surface area contributed by atoms with Gasteiger partial charge in [-0.25, -0.2) is 0 Å². The largest absolute Gasteiger partial charge is 0.320 e. The van der Waals surface area contributed by atoms with E-state index in [1.165, 1.54) is 11.1 Å². The lowest BCUT2D eigenvalue weighted by Gasteiger charge is -2.27. The van der Waals surface area contributed by atoms with Crippen molar-refractivity contribution in [2.24, 2.45) is 0 Å². The van der Waals surface area contributed by atoms with Gasteiger partial charge in [0.05, 0.1) is 0 Å². The molecule has 3 nitrogen and oxygen atoms in total. The van der Waals surface area contributed by atoms with E-state index in [9.17, 15) is 4.79 Å². The number of rotatable bonds is 4. The Bertz CT molecular complexity index is 510. The van der Waals surface area contributed by atoms with Crippen LogP contribution in [0, 0.1) is 6.92 Å². The first-order chi connectivity index (χ1) is 9.55. The van der Waals surface area contributed by atoms with Crippen molar-refractivity contribution in [1.29, 1.82) is 0 Å². The van der Waals surface area contributed by atoms with E-state index in [1.807, 2.05) is 16.7 Å². The molecule has 1 N–H and O–H groups in total. The zero-order chi connectivity index (χ0) is 14.3. The van der Waals surface area contributed by atoms with Crippen LogP contribution in [0.15, 0.2) is 24.3 Å². The van der Waals surface area contributed by atoms with Gasteiger partial charge in [-0.1, -0.05) is 36.8 Å². The van der Waals surface area contributed by atoms with Crippen molar-refractivity contribution in [2.75, 3.05) is 12.8 Å².